The Labute approximate surface area is 210 Å². The summed E-state index contributed by atoms with van der Waals surface area (Å²) in [6.07, 6.45) is 0. The lowest BCUT2D eigenvalue weighted by atomic mass is 10.0. The largest absolute Gasteiger partial charge is 0.462 e. The number of fused-ring (bicyclic) bond motifs is 1. The van der Waals surface area contributed by atoms with E-state index in [4.69, 9.17) is 21.1 Å². The quantitative estimate of drug-likeness (QED) is 0.378. The fraction of sp³-hybridized carbons (Fsp3) is 0.423. The second-order valence-corrected chi connectivity index (χ2v) is 9.69. The molecule has 0 bridgehead atoms. The Morgan fingerprint density at radius 3 is 2.49 bits per heavy atom. The van der Waals surface area contributed by atoms with E-state index in [-0.39, 0.29) is 18.4 Å². The molecule has 1 amide bonds. The summed E-state index contributed by atoms with van der Waals surface area (Å²) in [5, 5.41) is 8.11. The van der Waals surface area contributed by atoms with Gasteiger partial charge in [-0.25, -0.2) is 0 Å². The summed E-state index contributed by atoms with van der Waals surface area (Å²) in [6.45, 7) is 8.00. The summed E-state index contributed by atoms with van der Waals surface area (Å²) in [5.41, 5.74) is 3.84. The predicted molar refractivity (Wildman–Crippen MR) is 135 cm³/mol. The number of nitrogens with one attached hydrogen (secondary N) is 1. The summed E-state index contributed by atoms with van der Waals surface area (Å²) < 4.78 is 12.2. The van der Waals surface area contributed by atoms with Crippen molar-refractivity contribution in [2.75, 3.05) is 38.8 Å². The number of ether oxygens (including phenoxy) is 2. The first-order valence-electron chi connectivity index (χ1n) is 11.7. The predicted octanol–water partition coefficient (Wildman–Crippen LogP) is 3.36. The summed E-state index contributed by atoms with van der Waals surface area (Å²) in [7, 11) is 1.82. The maximum atomic E-state index is 13.0. The molecule has 3 aromatic rings. The fourth-order valence-electron chi connectivity index (χ4n) is 4.13. The molecule has 2 aromatic carbocycles. The van der Waals surface area contributed by atoms with Crippen LogP contribution in [-0.4, -0.2) is 70.9 Å². The van der Waals surface area contributed by atoms with E-state index in [2.05, 4.69) is 39.6 Å². The third kappa shape index (κ3) is 6.20. The second kappa shape index (κ2) is 10.8. The van der Waals surface area contributed by atoms with Crippen LogP contribution in [0.15, 0.2) is 42.5 Å². The number of alkyl halides is 1. The Balaban J connectivity index is 1.49. The highest BCUT2D eigenvalue weighted by atomic mass is 35.5. The summed E-state index contributed by atoms with van der Waals surface area (Å²) in [4.78, 5) is 26.8. The Morgan fingerprint density at radius 1 is 1.11 bits per heavy atom. The number of halogens is 1. The van der Waals surface area contributed by atoms with Gasteiger partial charge in [0.15, 0.2) is 5.69 Å². The van der Waals surface area contributed by atoms with Gasteiger partial charge < -0.3 is 14.8 Å². The highest BCUT2D eigenvalue weighted by Gasteiger charge is 2.26. The van der Waals surface area contributed by atoms with Crippen LogP contribution in [0.4, 0.5) is 0 Å². The molecule has 1 fully saturated rings. The van der Waals surface area contributed by atoms with Crippen molar-refractivity contribution < 1.29 is 19.1 Å². The second-order valence-electron chi connectivity index (χ2n) is 9.42. The third-order valence-electron chi connectivity index (χ3n) is 6.02. The molecule has 9 heteroatoms. The maximum absolute atomic E-state index is 13.0. The van der Waals surface area contributed by atoms with Gasteiger partial charge in [-0.3, -0.25) is 19.2 Å². The summed E-state index contributed by atoms with van der Waals surface area (Å²) in [5.74, 6) is -1.09. The van der Waals surface area contributed by atoms with Crippen LogP contribution in [0.5, 0.6) is 0 Å². The van der Waals surface area contributed by atoms with E-state index < -0.39 is 11.5 Å². The van der Waals surface area contributed by atoms with Crippen molar-refractivity contribution in [1.82, 2.24) is 20.0 Å². The molecule has 1 N–H and O–H groups in total. The normalized spacial score (nSPS) is 14.7. The number of morpholine rings is 1. The van der Waals surface area contributed by atoms with Gasteiger partial charge >= 0.3 is 5.97 Å². The summed E-state index contributed by atoms with van der Waals surface area (Å²) in [6, 6.07) is 14.6. The average Bonchev–Trinajstić information content (AvgIpc) is 3.19. The Bertz CT molecular complexity index is 1200. The fourth-order valence-corrected chi connectivity index (χ4v) is 4.20. The zero-order valence-corrected chi connectivity index (χ0v) is 21.1. The van der Waals surface area contributed by atoms with E-state index in [0.29, 0.717) is 5.69 Å². The van der Waals surface area contributed by atoms with Crippen LogP contribution in [0.25, 0.3) is 22.0 Å². The van der Waals surface area contributed by atoms with Crippen molar-refractivity contribution in [3.05, 3.63) is 53.7 Å². The Kier molecular flexibility index (Phi) is 7.74. The number of hydrogen-bond donors (Lipinski definition) is 1. The molecule has 8 nitrogen and oxygen atoms in total. The number of rotatable bonds is 8. The molecule has 2 heterocycles. The molecule has 1 aliphatic heterocycles. The third-order valence-corrected chi connectivity index (χ3v) is 6.24. The minimum atomic E-state index is -0.772. The van der Waals surface area contributed by atoms with Crippen LogP contribution in [0, 0.1) is 0 Å². The molecule has 35 heavy (non-hydrogen) atoms. The van der Waals surface area contributed by atoms with Gasteiger partial charge in [0.25, 0.3) is 5.91 Å². The number of carbonyl (C=O) groups excluding carboxylic acids is 2. The number of nitrogens with zero attached hydrogens (tertiary/aromatic N) is 3. The van der Waals surface area contributed by atoms with E-state index in [1.807, 2.05) is 25.2 Å². The van der Waals surface area contributed by atoms with Crippen LogP contribution in [0.1, 0.15) is 29.9 Å². The number of aromatic nitrogens is 2. The zero-order valence-electron chi connectivity index (χ0n) is 20.3. The van der Waals surface area contributed by atoms with Crippen LogP contribution >= 0.6 is 11.6 Å². The molecular formula is C26H31ClN4O4. The van der Waals surface area contributed by atoms with Gasteiger partial charge in [0.1, 0.15) is 12.5 Å². The van der Waals surface area contributed by atoms with Crippen molar-refractivity contribution in [2.24, 2.45) is 7.05 Å². The lowest BCUT2D eigenvalue weighted by Crippen LogP contribution is -2.47. The average molecular weight is 499 g/mol. The summed E-state index contributed by atoms with van der Waals surface area (Å²) >= 11 is 5.47. The van der Waals surface area contributed by atoms with Crippen LogP contribution < -0.4 is 5.32 Å². The number of carbonyl (C=O) groups is 2. The van der Waals surface area contributed by atoms with Gasteiger partial charge in [-0.1, -0.05) is 30.3 Å². The number of benzene rings is 2. The first-order valence-corrected chi connectivity index (χ1v) is 12.2. The highest BCUT2D eigenvalue weighted by molar-refractivity contribution is 6.26. The molecule has 0 radical (unpaired) electrons. The smallest absolute Gasteiger partial charge is 0.320 e. The number of esters is 1. The molecule has 0 unspecified atom stereocenters. The number of aryl methyl sites for hydroxylation is 1. The van der Waals surface area contributed by atoms with Crippen LogP contribution in [0.3, 0.4) is 0 Å². The molecule has 1 aromatic heterocycles. The Morgan fingerprint density at radius 2 is 1.80 bits per heavy atom. The van der Waals surface area contributed by atoms with Crippen LogP contribution in [0.2, 0.25) is 0 Å². The maximum Gasteiger partial charge on any atom is 0.320 e. The molecular weight excluding hydrogens is 468 g/mol. The first kappa shape index (κ1) is 25.2. The van der Waals surface area contributed by atoms with Crippen molar-refractivity contribution in [3.8, 4) is 11.1 Å². The zero-order chi connectivity index (χ0) is 25.0. The molecule has 1 saturated heterocycles. The van der Waals surface area contributed by atoms with E-state index in [1.165, 1.54) is 5.56 Å². The van der Waals surface area contributed by atoms with E-state index in [9.17, 15) is 9.59 Å². The minimum absolute atomic E-state index is 0.0146. The van der Waals surface area contributed by atoms with Crippen molar-refractivity contribution >= 4 is 34.4 Å². The van der Waals surface area contributed by atoms with Crippen LogP contribution in [-0.2, 0) is 27.9 Å². The van der Waals surface area contributed by atoms with E-state index in [0.717, 1.165) is 54.9 Å². The van der Waals surface area contributed by atoms with Gasteiger partial charge in [-0.2, -0.15) is 5.10 Å². The molecule has 0 saturated carbocycles. The molecule has 4 rings (SSSR count). The molecule has 0 spiro atoms. The lowest BCUT2D eigenvalue weighted by Gasteiger charge is -2.26. The van der Waals surface area contributed by atoms with E-state index >= 15 is 0 Å². The van der Waals surface area contributed by atoms with Gasteiger partial charge in [-0.15, -0.1) is 11.6 Å². The van der Waals surface area contributed by atoms with Gasteiger partial charge in [0.05, 0.1) is 24.3 Å². The Hall–Kier alpha value is -2.94. The SMILES string of the molecule is Cn1nc(C(=O)NC(C)(C)COC(=O)CCl)c2ccc(-c3ccc(CN4CCOCC4)cc3)cc21. The molecule has 1 aliphatic rings. The molecule has 186 valence electrons. The monoisotopic (exact) mass is 498 g/mol. The molecule has 0 atom stereocenters. The van der Waals surface area contributed by atoms with Crippen molar-refractivity contribution in [2.45, 2.75) is 25.9 Å². The van der Waals surface area contributed by atoms with Crippen molar-refractivity contribution in [3.63, 3.8) is 0 Å². The minimum Gasteiger partial charge on any atom is -0.462 e. The molecule has 0 aliphatic carbocycles. The number of amides is 1. The first-order chi connectivity index (χ1) is 16.8. The van der Waals surface area contributed by atoms with Gasteiger partial charge in [0.2, 0.25) is 0 Å². The van der Waals surface area contributed by atoms with Gasteiger partial charge in [0, 0.05) is 32.1 Å². The number of hydrogen-bond acceptors (Lipinski definition) is 6. The van der Waals surface area contributed by atoms with Crippen molar-refractivity contribution in [1.29, 1.82) is 0 Å². The standard InChI is InChI=1S/C26H31ClN4O4/c1-26(2,17-35-23(32)15-27)28-25(33)24-21-9-8-20(14-22(21)30(3)29-24)19-6-4-18(5-7-19)16-31-10-12-34-13-11-31/h4-9,14H,10-13,15-17H2,1-3H3,(H,28,33). The lowest BCUT2D eigenvalue weighted by molar-refractivity contribution is -0.142. The van der Waals surface area contributed by atoms with Gasteiger partial charge in [-0.05, 0) is 42.7 Å². The topological polar surface area (TPSA) is 85.7 Å². The highest BCUT2D eigenvalue weighted by Crippen LogP contribution is 2.27. The van der Waals surface area contributed by atoms with E-state index in [1.54, 1.807) is 18.5 Å².